The van der Waals surface area contributed by atoms with Crippen molar-refractivity contribution in [3.8, 4) is 0 Å². The van der Waals surface area contributed by atoms with Gasteiger partial charge in [-0.1, -0.05) is 0 Å². The van der Waals surface area contributed by atoms with E-state index in [1.54, 1.807) is 6.33 Å². The van der Waals surface area contributed by atoms with Crippen LogP contribution in [-0.4, -0.2) is 59.2 Å². The Bertz CT molecular complexity index is 757. The maximum absolute atomic E-state index is 14.0. The van der Waals surface area contributed by atoms with Crippen LogP contribution in [0.15, 0.2) is 24.9 Å². The molecule has 8 heteroatoms. The van der Waals surface area contributed by atoms with Crippen molar-refractivity contribution in [1.29, 1.82) is 0 Å². The molecule has 2 aromatic rings. The van der Waals surface area contributed by atoms with Gasteiger partial charge >= 0.3 is 0 Å². The summed E-state index contributed by atoms with van der Waals surface area (Å²) in [5.41, 5.74) is 0. The molecule has 26 heavy (non-hydrogen) atoms. The normalized spacial score (nSPS) is 18.0. The first-order chi connectivity index (χ1) is 12.6. The van der Waals surface area contributed by atoms with Crippen molar-refractivity contribution in [3.05, 3.63) is 30.7 Å². The van der Waals surface area contributed by atoms with Crippen molar-refractivity contribution in [1.82, 2.24) is 19.9 Å². The summed E-state index contributed by atoms with van der Waals surface area (Å²) in [6, 6.07) is 3.04. The molecule has 1 aliphatic carbocycles. The van der Waals surface area contributed by atoms with E-state index in [2.05, 4.69) is 30.9 Å². The monoisotopic (exact) mass is 357 g/mol. The van der Waals surface area contributed by atoms with E-state index in [0.29, 0.717) is 17.9 Å². The first-order valence-electron chi connectivity index (χ1n) is 9.11. The van der Waals surface area contributed by atoms with Gasteiger partial charge in [-0.15, -0.1) is 0 Å². The third kappa shape index (κ3) is 3.40. The Hall–Kier alpha value is -2.51. The highest BCUT2D eigenvalue weighted by molar-refractivity contribution is 5.52. The van der Waals surface area contributed by atoms with Crippen molar-refractivity contribution >= 4 is 17.5 Å². The van der Waals surface area contributed by atoms with Gasteiger partial charge in [0.1, 0.15) is 24.3 Å². The van der Waals surface area contributed by atoms with E-state index in [1.165, 1.54) is 25.4 Å². The number of nitrogens with zero attached hydrogens (tertiary/aromatic N) is 7. The van der Waals surface area contributed by atoms with Gasteiger partial charge in [-0.2, -0.15) is 0 Å². The van der Waals surface area contributed by atoms with Crippen molar-refractivity contribution in [2.24, 2.45) is 0 Å². The van der Waals surface area contributed by atoms with E-state index in [9.17, 15) is 4.39 Å². The molecule has 1 aliphatic heterocycles. The Balaban J connectivity index is 1.50. The summed E-state index contributed by atoms with van der Waals surface area (Å²) in [5, 5.41) is 0. The van der Waals surface area contributed by atoms with Crippen LogP contribution in [0.25, 0.3) is 0 Å². The lowest BCUT2D eigenvalue weighted by atomic mass is 10.0. The number of hydrogen-bond acceptors (Lipinski definition) is 7. The summed E-state index contributed by atoms with van der Waals surface area (Å²) in [5.74, 6) is 1.98. The SMILES string of the molecule is CN(C)c1cc(N(C2CC2)C2CCN(c3ncncc3F)CC2)ncn1. The first kappa shape index (κ1) is 16.9. The van der Waals surface area contributed by atoms with Crippen LogP contribution in [0.2, 0.25) is 0 Å². The molecule has 0 bridgehead atoms. The van der Waals surface area contributed by atoms with E-state index >= 15 is 0 Å². The molecule has 2 aromatic heterocycles. The molecule has 3 heterocycles. The molecular formula is C18H24FN7. The number of halogens is 1. The van der Waals surface area contributed by atoms with E-state index in [1.807, 2.05) is 23.9 Å². The van der Waals surface area contributed by atoms with Crippen LogP contribution in [0, 0.1) is 5.82 Å². The van der Waals surface area contributed by atoms with Gasteiger partial charge in [0, 0.05) is 45.3 Å². The lowest BCUT2D eigenvalue weighted by Gasteiger charge is -2.40. The quantitative estimate of drug-likeness (QED) is 0.812. The van der Waals surface area contributed by atoms with E-state index < -0.39 is 0 Å². The molecule has 138 valence electrons. The molecule has 2 aliphatic rings. The molecule has 0 unspecified atom stereocenters. The van der Waals surface area contributed by atoms with Gasteiger partial charge in [0.15, 0.2) is 11.6 Å². The lowest BCUT2D eigenvalue weighted by molar-refractivity contribution is 0.452. The van der Waals surface area contributed by atoms with Crippen LogP contribution in [0.1, 0.15) is 25.7 Å². The molecule has 4 rings (SSSR count). The summed E-state index contributed by atoms with van der Waals surface area (Å²) in [4.78, 5) is 23.2. The number of hydrogen-bond donors (Lipinski definition) is 0. The van der Waals surface area contributed by atoms with Crippen molar-refractivity contribution in [3.63, 3.8) is 0 Å². The van der Waals surface area contributed by atoms with E-state index in [4.69, 9.17) is 0 Å². The Labute approximate surface area is 152 Å². The highest BCUT2D eigenvalue weighted by atomic mass is 19.1. The zero-order chi connectivity index (χ0) is 18.1. The Kier molecular flexibility index (Phi) is 4.57. The van der Waals surface area contributed by atoms with Gasteiger partial charge in [0.2, 0.25) is 0 Å². The van der Waals surface area contributed by atoms with Crippen LogP contribution in [0.3, 0.4) is 0 Å². The first-order valence-corrected chi connectivity index (χ1v) is 9.11. The zero-order valence-electron chi connectivity index (χ0n) is 15.2. The highest BCUT2D eigenvalue weighted by Crippen LogP contribution is 2.36. The fourth-order valence-corrected chi connectivity index (χ4v) is 3.64. The molecule has 0 atom stereocenters. The summed E-state index contributed by atoms with van der Waals surface area (Å²) in [6.45, 7) is 1.57. The molecule has 0 spiro atoms. The average molecular weight is 357 g/mol. The zero-order valence-corrected chi connectivity index (χ0v) is 15.2. The average Bonchev–Trinajstić information content (AvgIpc) is 3.48. The summed E-state index contributed by atoms with van der Waals surface area (Å²) in [7, 11) is 3.98. The third-order valence-corrected chi connectivity index (χ3v) is 5.11. The Morgan fingerprint density at radius 3 is 2.31 bits per heavy atom. The van der Waals surface area contributed by atoms with Crippen LogP contribution >= 0.6 is 0 Å². The van der Waals surface area contributed by atoms with Gasteiger partial charge < -0.3 is 14.7 Å². The van der Waals surface area contributed by atoms with Crippen molar-refractivity contribution in [2.75, 3.05) is 41.9 Å². The fraction of sp³-hybridized carbons (Fsp3) is 0.556. The van der Waals surface area contributed by atoms with Crippen LogP contribution < -0.4 is 14.7 Å². The summed E-state index contributed by atoms with van der Waals surface area (Å²) >= 11 is 0. The van der Waals surface area contributed by atoms with Gasteiger partial charge in [0.25, 0.3) is 0 Å². The number of aromatic nitrogens is 4. The smallest absolute Gasteiger partial charge is 0.183 e. The predicted molar refractivity (Wildman–Crippen MR) is 99.1 cm³/mol. The van der Waals surface area contributed by atoms with Crippen LogP contribution in [0.5, 0.6) is 0 Å². The van der Waals surface area contributed by atoms with Crippen molar-refractivity contribution < 1.29 is 4.39 Å². The molecule has 0 N–H and O–H groups in total. The maximum atomic E-state index is 14.0. The molecule has 1 saturated carbocycles. The van der Waals surface area contributed by atoms with Gasteiger partial charge in [0.05, 0.1) is 6.20 Å². The number of piperidine rings is 1. The topological polar surface area (TPSA) is 61.3 Å². The second-order valence-electron chi connectivity index (χ2n) is 7.18. The molecular weight excluding hydrogens is 333 g/mol. The molecule has 2 fully saturated rings. The summed E-state index contributed by atoms with van der Waals surface area (Å²) in [6.07, 6.45) is 8.62. The molecule has 1 saturated heterocycles. The molecule has 0 radical (unpaired) electrons. The van der Waals surface area contributed by atoms with Crippen molar-refractivity contribution in [2.45, 2.75) is 37.8 Å². The predicted octanol–water partition coefficient (Wildman–Crippen LogP) is 2.11. The fourth-order valence-electron chi connectivity index (χ4n) is 3.64. The Morgan fingerprint density at radius 2 is 1.65 bits per heavy atom. The largest absolute Gasteiger partial charge is 0.363 e. The lowest BCUT2D eigenvalue weighted by Crippen LogP contribution is -2.47. The number of anilines is 3. The summed E-state index contributed by atoms with van der Waals surface area (Å²) < 4.78 is 14.0. The van der Waals surface area contributed by atoms with Gasteiger partial charge in [-0.3, -0.25) is 0 Å². The second kappa shape index (κ2) is 7.01. The standard InChI is InChI=1S/C18H24FN7/c1-24(2)16-9-17(22-12-21-16)26(13-3-4-13)14-5-7-25(8-6-14)18-15(19)10-20-11-23-18/h9-14H,3-8H2,1-2H3. The van der Waals surface area contributed by atoms with Crippen LogP contribution in [-0.2, 0) is 0 Å². The minimum atomic E-state index is -0.351. The third-order valence-electron chi connectivity index (χ3n) is 5.11. The minimum absolute atomic E-state index is 0.351. The maximum Gasteiger partial charge on any atom is 0.183 e. The molecule has 0 amide bonds. The van der Waals surface area contributed by atoms with E-state index in [-0.39, 0.29) is 5.82 Å². The van der Waals surface area contributed by atoms with Crippen LogP contribution in [0.4, 0.5) is 21.8 Å². The minimum Gasteiger partial charge on any atom is -0.363 e. The Morgan fingerprint density at radius 1 is 0.962 bits per heavy atom. The molecule has 7 nitrogen and oxygen atoms in total. The second-order valence-corrected chi connectivity index (χ2v) is 7.18. The number of rotatable bonds is 5. The van der Waals surface area contributed by atoms with E-state index in [0.717, 1.165) is 37.6 Å². The van der Waals surface area contributed by atoms with Gasteiger partial charge in [-0.25, -0.2) is 24.3 Å². The molecule has 0 aromatic carbocycles. The van der Waals surface area contributed by atoms with Gasteiger partial charge in [-0.05, 0) is 25.7 Å². The highest BCUT2D eigenvalue weighted by Gasteiger charge is 2.37.